The molecule has 0 saturated carbocycles. The summed E-state index contributed by atoms with van der Waals surface area (Å²) in [7, 11) is -1.84. The van der Waals surface area contributed by atoms with Crippen molar-refractivity contribution in [1.82, 2.24) is 0 Å². The van der Waals surface area contributed by atoms with Crippen LogP contribution in [0.3, 0.4) is 0 Å². The molecular weight excluding hydrogens is 447 g/mol. The Bertz CT molecular complexity index is 947. The number of benzene rings is 4. The first-order chi connectivity index (χ1) is 14.2. The molecule has 4 aromatic carbocycles. The van der Waals surface area contributed by atoms with E-state index in [-0.39, 0.29) is 17.0 Å². The van der Waals surface area contributed by atoms with E-state index in [1.165, 1.54) is 27.0 Å². The van der Waals surface area contributed by atoms with E-state index >= 15 is 0 Å². The van der Waals surface area contributed by atoms with Crippen LogP contribution in [0.2, 0.25) is 0 Å². The summed E-state index contributed by atoms with van der Waals surface area (Å²) in [5.41, 5.74) is 2.92. The van der Waals surface area contributed by atoms with E-state index in [0.717, 1.165) is 6.16 Å². The fourth-order valence-corrected chi connectivity index (χ4v) is 8.55. The molecule has 0 spiro atoms. The average molecular weight is 475 g/mol. The molecule has 4 aromatic rings. The van der Waals surface area contributed by atoms with Crippen molar-refractivity contribution in [2.45, 2.75) is 25.9 Å². The highest BCUT2D eigenvalue weighted by atomic mass is 79.9. The van der Waals surface area contributed by atoms with Gasteiger partial charge in [-0.3, -0.25) is 0 Å². The molecule has 0 heterocycles. The highest BCUT2D eigenvalue weighted by Gasteiger charge is 2.45. The highest BCUT2D eigenvalue weighted by Crippen LogP contribution is 2.58. The Morgan fingerprint density at radius 2 is 0.900 bits per heavy atom. The largest absolute Gasteiger partial charge is 1.00 e. The van der Waals surface area contributed by atoms with Gasteiger partial charge in [0.25, 0.3) is 0 Å². The van der Waals surface area contributed by atoms with Crippen LogP contribution in [0.1, 0.15) is 30.9 Å². The maximum absolute atomic E-state index is 2.33. The highest BCUT2D eigenvalue weighted by molar-refractivity contribution is 7.95. The fraction of sp³-hybridized carbons (Fsp3) is 0.143. The Morgan fingerprint density at radius 3 is 1.30 bits per heavy atom. The summed E-state index contributed by atoms with van der Waals surface area (Å²) in [6.07, 6.45) is 1.04. The zero-order valence-electron chi connectivity index (χ0n) is 17.6. The van der Waals surface area contributed by atoms with Gasteiger partial charge in [0.15, 0.2) is 0 Å². The minimum Gasteiger partial charge on any atom is -1.00 e. The average Bonchev–Trinajstić information content (AvgIpc) is 2.79. The number of hydrogen-bond donors (Lipinski definition) is 0. The molecule has 30 heavy (non-hydrogen) atoms. The molecule has 4 rings (SSSR count). The topological polar surface area (TPSA) is 0 Å². The van der Waals surface area contributed by atoms with Gasteiger partial charge in [0.2, 0.25) is 0 Å². The van der Waals surface area contributed by atoms with Gasteiger partial charge >= 0.3 is 0 Å². The van der Waals surface area contributed by atoms with Crippen LogP contribution in [0.25, 0.3) is 0 Å². The minimum absolute atomic E-state index is 0. The molecule has 0 N–H and O–H groups in total. The predicted octanol–water partition coefficient (Wildman–Crippen LogP) is 3.31. The smallest absolute Gasteiger partial charge is 0.116 e. The van der Waals surface area contributed by atoms with Gasteiger partial charge in [0.05, 0.1) is 6.16 Å². The monoisotopic (exact) mass is 474 g/mol. The van der Waals surface area contributed by atoms with Crippen molar-refractivity contribution >= 4 is 23.2 Å². The van der Waals surface area contributed by atoms with Gasteiger partial charge < -0.3 is 17.0 Å². The molecule has 0 amide bonds. The van der Waals surface area contributed by atoms with Crippen LogP contribution in [0.5, 0.6) is 0 Å². The zero-order valence-corrected chi connectivity index (χ0v) is 20.1. The van der Waals surface area contributed by atoms with E-state index < -0.39 is 7.26 Å². The third kappa shape index (κ3) is 4.43. The lowest BCUT2D eigenvalue weighted by Gasteiger charge is -2.29. The van der Waals surface area contributed by atoms with Gasteiger partial charge in [0.1, 0.15) is 23.2 Å². The number of rotatable bonds is 6. The van der Waals surface area contributed by atoms with E-state index in [9.17, 15) is 0 Å². The maximum Gasteiger partial charge on any atom is 0.116 e. The molecule has 0 radical (unpaired) electrons. The van der Waals surface area contributed by atoms with E-state index in [4.69, 9.17) is 0 Å². The third-order valence-corrected chi connectivity index (χ3v) is 10.0. The van der Waals surface area contributed by atoms with Crippen LogP contribution in [-0.2, 0) is 6.16 Å². The Balaban J connectivity index is 0.00000256. The van der Waals surface area contributed by atoms with Gasteiger partial charge in [-0.15, -0.1) is 0 Å². The van der Waals surface area contributed by atoms with E-state index in [1.807, 2.05) is 0 Å². The Morgan fingerprint density at radius 1 is 0.533 bits per heavy atom. The summed E-state index contributed by atoms with van der Waals surface area (Å²) in [6, 6.07) is 42.4. The van der Waals surface area contributed by atoms with Crippen LogP contribution >= 0.6 is 7.26 Å². The standard InChI is InChI=1S/C28H28P.BrH/c1-23(2)28-21-13-12-14-24(28)22-29(25-15-6-3-7-16-25,26-17-8-4-9-18-26)27-19-10-5-11-20-27;/h3-21,23H,22H2,1-2H3;1H/q+1;/p-1. The molecular formula is C28H28BrP. The first-order valence-electron chi connectivity index (χ1n) is 10.3. The molecule has 0 unspecified atom stereocenters. The van der Waals surface area contributed by atoms with E-state index in [0.29, 0.717) is 5.92 Å². The van der Waals surface area contributed by atoms with Crippen molar-refractivity contribution in [3.8, 4) is 0 Å². The summed E-state index contributed by atoms with van der Waals surface area (Å²) >= 11 is 0. The zero-order chi connectivity index (χ0) is 20.1. The van der Waals surface area contributed by atoms with Crippen molar-refractivity contribution in [2.75, 3.05) is 0 Å². The first-order valence-corrected chi connectivity index (χ1v) is 12.3. The van der Waals surface area contributed by atoms with Gasteiger partial charge in [-0.25, -0.2) is 0 Å². The Labute approximate surface area is 192 Å². The summed E-state index contributed by atoms with van der Waals surface area (Å²) in [6.45, 7) is 4.60. The summed E-state index contributed by atoms with van der Waals surface area (Å²) in [5, 5.41) is 4.32. The van der Waals surface area contributed by atoms with E-state index in [1.54, 1.807) is 0 Å². The normalized spacial score (nSPS) is 11.2. The quantitative estimate of drug-likeness (QED) is 0.376. The van der Waals surface area contributed by atoms with Crippen LogP contribution in [-0.4, -0.2) is 0 Å². The van der Waals surface area contributed by atoms with Crippen molar-refractivity contribution in [2.24, 2.45) is 0 Å². The number of hydrogen-bond acceptors (Lipinski definition) is 0. The molecule has 0 bridgehead atoms. The molecule has 0 aliphatic carbocycles. The van der Waals surface area contributed by atoms with Crippen molar-refractivity contribution in [3.05, 3.63) is 126 Å². The molecule has 2 heteroatoms. The molecule has 0 fully saturated rings. The van der Waals surface area contributed by atoms with Crippen LogP contribution in [0, 0.1) is 0 Å². The SMILES string of the molecule is CC(C)c1ccccc1C[P+](c1ccccc1)(c1ccccc1)c1ccccc1.[Br-]. The van der Waals surface area contributed by atoms with Crippen molar-refractivity contribution < 1.29 is 17.0 Å². The number of halogens is 1. The first kappa shape index (κ1) is 22.5. The van der Waals surface area contributed by atoms with Gasteiger partial charge in [-0.2, -0.15) is 0 Å². The fourth-order valence-electron chi connectivity index (χ4n) is 4.27. The predicted molar refractivity (Wildman–Crippen MR) is 129 cm³/mol. The summed E-state index contributed by atoms with van der Waals surface area (Å²) in [4.78, 5) is 0. The van der Waals surface area contributed by atoms with Gasteiger partial charge in [-0.1, -0.05) is 92.7 Å². The molecule has 0 atom stereocenters. The van der Waals surface area contributed by atoms with E-state index in [2.05, 4.69) is 129 Å². The second-order valence-electron chi connectivity index (χ2n) is 7.83. The molecule has 152 valence electrons. The maximum atomic E-state index is 2.33. The Kier molecular flexibility index (Phi) is 7.64. The lowest BCUT2D eigenvalue weighted by atomic mass is 9.98. The van der Waals surface area contributed by atoms with Gasteiger partial charge in [0, 0.05) is 0 Å². The summed E-state index contributed by atoms with van der Waals surface area (Å²) < 4.78 is 0. The van der Waals surface area contributed by atoms with Crippen molar-refractivity contribution in [1.29, 1.82) is 0 Å². The van der Waals surface area contributed by atoms with Crippen LogP contribution < -0.4 is 32.9 Å². The second-order valence-corrected chi connectivity index (χ2v) is 11.3. The molecule has 0 saturated heterocycles. The molecule has 0 aromatic heterocycles. The minimum atomic E-state index is -1.84. The van der Waals surface area contributed by atoms with Crippen LogP contribution in [0.4, 0.5) is 0 Å². The Hall–Kier alpha value is -2.21. The molecule has 0 aliphatic heterocycles. The van der Waals surface area contributed by atoms with Crippen molar-refractivity contribution in [3.63, 3.8) is 0 Å². The van der Waals surface area contributed by atoms with Gasteiger partial charge in [-0.05, 0) is 53.4 Å². The lowest BCUT2D eigenvalue weighted by molar-refractivity contribution is -0.00000581. The molecule has 0 nitrogen and oxygen atoms in total. The third-order valence-electron chi connectivity index (χ3n) is 5.68. The molecule has 0 aliphatic rings. The lowest BCUT2D eigenvalue weighted by Crippen LogP contribution is -3.00. The second kappa shape index (κ2) is 10.2. The van der Waals surface area contributed by atoms with Crippen LogP contribution in [0.15, 0.2) is 115 Å². The summed E-state index contributed by atoms with van der Waals surface area (Å²) in [5.74, 6) is 0.510.